The molecular weight excluding hydrogens is 525 g/mol. The number of halogens is 2. The molecule has 3 aromatic carbocycles. The fourth-order valence-electron chi connectivity index (χ4n) is 4.50. The molecular formula is C28H29Cl2N5OS. The molecule has 9 heteroatoms. The first-order valence-electron chi connectivity index (χ1n) is 12.2. The van der Waals surface area contributed by atoms with Crippen molar-refractivity contribution in [3.05, 3.63) is 99.8 Å². The van der Waals surface area contributed by atoms with Gasteiger partial charge in [-0.15, -0.1) is 10.2 Å². The van der Waals surface area contributed by atoms with Crippen molar-refractivity contribution in [1.29, 1.82) is 0 Å². The largest absolute Gasteiger partial charge is 0.392 e. The summed E-state index contributed by atoms with van der Waals surface area (Å²) < 4.78 is 2.13. The lowest BCUT2D eigenvalue weighted by Gasteiger charge is -2.20. The molecule has 1 atom stereocenters. The zero-order valence-electron chi connectivity index (χ0n) is 20.8. The van der Waals surface area contributed by atoms with Gasteiger partial charge < -0.3 is 10.0 Å². The summed E-state index contributed by atoms with van der Waals surface area (Å²) in [5.74, 6) is 0.847. The Balaban J connectivity index is 1.55. The molecule has 0 amide bonds. The SMILES string of the molecule is CN(C)c1ccc(-n2c(CN3CCC(O)C3)nnc2SC(c2ccc(Cl)cc2)c2ccc(Cl)cc2)cc1. The Morgan fingerprint density at radius 1 is 0.919 bits per heavy atom. The number of aliphatic hydroxyl groups is 1. The minimum Gasteiger partial charge on any atom is -0.392 e. The average molecular weight is 555 g/mol. The van der Waals surface area contributed by atoms with Gasteiger partial charge in [-0.2, -0.15) is 0 Å². The molecule has 0 radical (unpaired) electrons. The first-order chi connectivity index (χ1) is 17.9. The van der Waals surface area contributed by atoms with Gasteiger partial charge in [0.1, 0.15) is 0 Å². The molecule has 0 aliphatic carbocycles. The summed E-state index contributed by atoms with van der Waals surface area (Å²) in [5.41, 5.74) is 4.34. The van der Waals surface area contributed by atoms with Crippen LogP contribution in [0.25, 0.3) is 5.69 Å². The van der Waals surface area contributed by atoms with E-state index in [-0.39, 0.29) is 11.4 Å². The quantitative estimate of drug-likeness (QED) is 0.266. The number of aliphatic hydroxyl groups excluding tert-OH is 1. The van der Waals surface area contributed by atoms with Crippen LogP contribution in [0, 0.1) is 0 Å². The van der Waals surface area contributed by atoms with Crippen LogP contribution >= 0.6 is 35.0 Å². The molecule has 1 saturated heterocycles. The Bertz CT molecular complexity index is 1280. The van der Waals surface area contributed by atoms with Crippen molar-refractivity contribution in [1.82, 2.24) is 19.7 Å². The van der Waals surface area contributed by atoms with E-state index in [0.717, 1.165) is 46.4 Å². The maximum Gasteiger partial charge on any atom is 0.196 e. The Kier molecular flexibility index (Phi) is 8.07. The molecule has 1 aliphatic rings. The second-order valence-corrected chi connectivity index (χ2v) is 11.4. The topological polar surface area (TPSA) is 57.4 Å². The lowest BCUT2D eigenvalue weighted by atomic mass is 10.0. The van der Waals surface area contributed by atoms with Gasteiger partial charge in [0.05, 0.1) is 17.9 Å². The van der Waals surface area contributed by atoms with E-state index in [0.29, 0.717) is 23.1 Å². The van der Waals surface area contributed by atoms with E-state index in [4.69, 9.17) is 23.2 Å². The zero-order valence-corrected chi connectivity index (χ0v) is 23.1. The van der Waals surface area contributed by atoms with E-state index in [1.165, 1.54) is 0 Å². The zero-order chi connectivity index (χ0) is 25.9. The van der Waals surface area contributed by atoms with Crippen molar-refractivity contribution in [2.24, 2.45) is 0 Å². The molecule has 1 aromatic heterocycles. The summed E-state index contributed by atoms with van der Waals surface area (Å²) in [7, 11) is 4.06. The Morgan fingerprint density at radius 3 is 2.03 bits per heavy atom. The van der Waals surface area contributed by atoms with Crippen LogP contribution in [-0.2, 0) is 6.54 Å². The lowest BCUT2D eigenvalue weighted by molar-refractivity contribution is 0.173. The van der Waals surface area contributed by atoms with Gasteiger partial charge in [-0.05, 0) is 66.1 Å². The third-order valence-electron chi connectivity index (χ3n) is 6.51. The van der Waals surface area contributed by atoms with Gasteiger partial charge in [-0.1, -0.05) is 59.2 Å². The molecule has 0 spiro atoms. The molecule has 6 nitrogen and oxygen atoms in total. The second-order valence-electron chi connectivity index (χ2n) is 9.42. The Hall–Kier alpha value is -2.55. The monoisotopic (exact) mass is 553 g/mol. The highest BCUT2D eigenvalue weighted by molar-refractivity contribution is 7.99. The standard InChI is InChI=1S/C28H29Cl2N5OS/c1-33(2)23-11-13-24(14-12-23)35-26(18-34-16-15-25(36)17-34)31-32-28(35)37-27(19-3-7-21(29)8-4-19)20-5-9-22(30)10-6-20/h3-14,25,27,36H,15-18H2,1-2H3. The summed E-state index contributed by atoms with van der Waals surface area (Å²) in [4.78, 5) is 4.30. The second kappa shape index (κ2) is 11.5. The van der Waals surface area contributed by atoms with Crippen molar-refractivity contribution in [3.63, 3.8) is 0 Å². The van der Waals surface area contributed by atoms with Crippen LogP contribution in [0.3, 0.4) is 0 Å². The van der Waals surface area contributed by atoms with E-state index < -0.39 is 0 Å². The first-order valence-corrected chi connectivity index (χ1v) is 13.8. The van der Waals surface area contributed by atoms with Gasteiger partial charge in [-0.25, -0.2) is 0 Å². The fraction of sp³-hybridized carbons (Fsp3) is 0.286. The number of aromatic nitrogens is 3. The number of hydrogen-bond acceptors (Lipinski definition) is 6. The van der Waals surface area contributed by atoms with Gasteiger partial charge >= 0.3 is 0 Å². The maximum atomic E-state index is 10.0. The van der Waals surface area contributed by atoms with E-state index in [9.17, 15) is 5.11 Å². The van der Waals surface area contributed by atoms with Crippen LogP contribution in [0.15, 0.2) is 78.0 Å². The van der Waals surface area contributed by atoms with Crippen molar-refractivity contribution >= 4 is 40.7 Å². The molecule has 192 valence electrons. The number of β-amino-alcohol motifs (C(OH)–C–C–N with tert-alkyl or cyclic N) is 1. The molecule has 0 bridgehead atoms. The molecule has 1 fully saturated rings. The van der Waals surface area contributed by atoms with Crippen LogP contribution in [0.2, 0.25) is 10.0 Å². The number of nitrogens with zero attached hydrogens (tertiary/aromatic N) is 5. The van der Waals surface area contributed by atoms with Crippen molar-refractivity contribution in [2.45, 2.75) is 29.5 Å². The predicted molar refractivity (Wildman–Crippen MR) is 152 cm³/mol. The molecule has 4 aromatic rings. The van der Waals surface area contributed by atoms with Crippen LogP contribution < -0.4 is 4.90 Å². The van der Waals surface area contributed by atoms with Gasteiger partial charge in [0.15, 0.2) is 11.0 Å². The number of thioether (sulfide) groups is 1. The highest BCUT2D eigenvalue weighted by Crippen LogP contribution is 2.41. The summed E-state index contributed by atoms with van der Waals surface area (Å²) in [5, 5.41) is 21.5. The average Bonchev–Trinajstić information content (AvgIpc) is 3.49. The van der Waals surface area contributed by atoms with Crippen molar-refractivity contribution < 1.29 is 5.11 Å². The number of rotatable bonds is 8. The van der Waals surface area contributed by atoms with Crippen LogP contribution in [0.5, 0.6) is 0 Å². The van der Waals surface area contributed by atoms with Crippen LogP contribution in [0.1, 0.15) is 28.6 Å². The molecule has 1 unspecified atom stereocenters. The number of likely N-dealkylation sites (tertiary alicyclic amines) is 1. The van der Waals surface area contributed by atoms with E-state index in [1.54, 1.807) is 11.8 Å². The van der Waals surface area contributed by atoms with E-state index in [1.807, 2.05) is 62.6 Å². The van der Waals surface area contributed by atoms with E-state index >= 15 is 0 Å². The molecule has 1 N–H and O–H groups in total. The minimum absolute atomic E-state index is 0.0417. The number of benzene rings is 3. The summed E-state index contributed by atoms with van der Waals surface area (Å²) in [6.45, 7) is 2.11. The predicted octanol–water partition coefficient (Wildman–Crippen LogP) is 6.09. The number of anilines is 1. The highest BCUT2D eigenvalue weighted by Gasteiger charge is 2.26. The molecule has 2 heterocycles. The molecule has 5 rings (SSSR count). The van der Waals surface area contributed by atoms with Gasteiger partial charge in [0.2, 0.25) is 0 Å². The maximum absolute atomic E-state index is 10.0. The fourth-order valence-corrected chi connectivity index (χ4v) is 5.96. The summed E-state index contributed by atoms with van der Waals surface area (Å²) in [6, 6.07) is 24.2. The van der Waals surface area contributed by atoms with Gasteiger partial charge in [0, 0.05) is 48.6 Å². The summed E-state index contributed by atoms with van der Waals surface area (Å²) >= 11 is 14.0. The Labute approximate surface area is 231 Å². The van der Waals surface area contributed by atoms with Crippen LogP contribution in [-0.4, -0.2) is 58.1 Å². The Morgan fingerprint density at radius 2 is 1.51 bits per heavy atom. The van der Waals surface area contributed by atoms with Gasteiger partial charge in [0.25, 0.3) is 0 Å². The minimum atomic E-state index is -0.288. The normalized spacial score (nSPS) is 16.0. The van der Waals surface area contributed by atoms with Crippen LogP contribution in [0.4, 0.5) is 5.69 Å². The van der Waals surface area contributed by atoms with E-state index in [2.05, 4.69) is 48.8 Å². The molecule has 0 saturated carbocycles. The van der Waals surface area contributed by atoms with Crippen molar-refractivity contribution in [2.75, 3.05) is 32.1 Å². The lowest BCUT2D eigenvalue weighted by Crippen LogP contribution is -2.23. The summed E-state index contributed by atoms with van der Waals surface area (Å²) in [6.07, 6.45) is 0.492. The highest BCUT2D eigenvalue weighted by atomic mass is 35.5. The molecule has 37 heavy (non-hydrogen) atoms. The first kappa shape index (κ1) is 26.1. The van der Waals surface area contributed by atoms with Gasteiger partial charge in [-0.3, -0.25) is 9.47 Å². The third kappa shape index (κ3) is 6.13. The third-order valence-corrected chi connectivity index (χ3v) is 8.27. The smallest absolute Gasteiger partial charge is 0.196 e. The molecule has 1 aliphatic heterocycles. The van der Waals surface area contributed by atoms with Crippen molar-refractivity contribution in [3.8, 4) is 5.69 Å². The number of hydrogen-bond donors (Lipinski definition) is 1.